The summed E-state index contributed by atoms with van der Waals surface area (Å²) in [6.45, 7) is 1.03. The maximum absolute atomic E-state index is 15.2. The third kappa shape index (κ3) is 2.49. The van der Waals surface area contributed by atoms with Gasteiger partial charge in [0.05, 0.1) is 24.1 Å². The third-order valence-corrected chi connectivity index (χ3v) is 6.68. The molecule has 1 saturated heterocycles. The molecule has 9 heteroatoms. The number of carbonyl (C=O) groups is 1. The van der Waals surface area contributed by atoms with E-state index >= 15 is 4.39 Å². The van der Waals surface area contributed by atoms with Gasteiger partial charge in [-0.05, 0) is 24.8 Å². The number of alkyl halides is 1. The molecule has 0 radical (unpaired) electrons. The van der Waals surface area contributed by atoms with Gasteiger partial charge < -0.3 is 25.0 Å². The van der Waals surface area contributed by atoms with E-state index in [0.29, 0.717) is 13.1 Å². The molecule has 154 valence electrons. The molecule has 0 spiro atoms. The second kappa shape index (κ2) is 5.91. The summed E-state index contributed by atoms with van der Waals surface area (Å²) >= 11 is 0. The number of halogens is 2. The molecule has 7 nitrogen and oxygen atoms in total. The van der Waals surface area contributed by atoms with Gasteiger partial charge in [0.1, 0.15) is 17.4 Å². The van der Waals surface area contributed by atoms with Crippen molar-refractivity contribution in [3.05, 3.63) is 33.9 Å². The molecule has 0 amide bonds. The number of benzene rings is 1. The van der Waals surface area contributed by atoms with Gasteiger partial charge in [-0.2, -0.15) is 0 Å². The molecule has 3 N–H and O–H groups in total. The molecule has 4 atom stereocenters. The van der Waals surface area contributed by atoms with Gasteiger partial charge in [0.25, 0.3) is 0 Å². The maximum atomic E-state index is 15.2. The van der Waals surface area contributed by atoms with Crippen LogP contribution in [-0.4, -0.2) is 47.6 Å². The van der Waals surface area contributed by atoms with E-state index in [9.17, 15) is 19.1 Å². The highest BCUT2D eigenvalue weighted by molar-refractivity contribution is 5.97. The Labute approximate surface area is 164 Å². The van der Waals surface area contributed by atoms with E-state index in [1.807, 2.05) is 4.90 Å². The zero-order valence-electron chi connectivity index (χ0n) is 15.8. The highest BCUT2D eigenvalue weighted by Crippen LogP contribution is 2.49. The fraction of sp³-hybridized carbons (Fsp3) is 0.500. The molecule has 29 heavy (non-hydrogen) atoms. The van der Waals surface area contributed by atoms with E-state index in [2.05, 4.69) is 0 Å². The number of carboxylic acid groups (broad SMARTS) is 1. The Morgan fingerprint density at radius 3 is 2.66 bits per heavy atom. The lowest BCUT2D eigenvalue weighted by Crippen LogP contribution is -2.54. The molecule has 3 fully saturated rings. The van der Waals surface area contributed by atoms with Crippen molar-refractivity contribution in [3.63, 3.8) is 0 Å². The van der Waals surface area contributed by atoms with Gasteiger partial charge in [-0.25, -0.2) is 13.6 Å². The zero-order valence-corrected chi connectivity index (χ0v) is 15.8. The average molecular weight is 405 g/mol. The van der Waals surface area contributed by atoms with Crippen LogP contribution in [0.2, 0.25) is 0 Å². The number of rotatable bonds is 4. The number of nitrogens with two attached hydrogens (primary N) is 1. The molecule has 2 aromatic rings. The predicted molar refractivity (Wildman–Crippen MR) is 102 cm³/mol. The molecule has 1 aliphatic heterocycles. The van der Waals surface area contributed by atoms with Gasteiger partial charge in [0.2, 0.25) is 5.43 Å². The largest absolute Gasteiger partial charge is 0.492 e. The molecule has 3 aliphatic rings. The van der Waals surface area contributed by atoms with Crippen LogP contribution < -0.4 is 20.8 Å². The first-order valence-corrected chi connectivity index (χ1v) is 9.61. The first-order chi connectivity index (χ1) is 13.7. The Hall–Kier alpha value is -2.68. The van der Waals surface area contributed by atoms with Crippen LogP contribution in [0.3, 0.4) is 0 Å². The molecule has 2 heterocycles. The van der Waals surface area contributed by atoms with Crippen LogP contribution in [0.25, 0.3) is 10.9 Å². The number of hydrogen-bond acceptors (Lipinski definition) is 5. The van der Waals surface area contributed by atoms with Crippen LogP contribution >= 0.6 is 0 Å². The van der Waals surface area contributed by atoms with Gasteiger partial charge in [0.15, 0.2) is 11.6 Å². The Morgan fingerprint density at radius 2 is 2.17 bits per heavy atom. The number of aromatic nitrogens is 1. The summed E-state index contributed by atoms with van der Waals surface area (Å²) in [6.07, 6.45) is 2.02. The van der Waals surface area contributed by atoms with Crippen molar-refractivity contribution in [2.45, 2.75) is 37.0 Å². The lowest BCUT2D eigenvalue weighted by molar-refractivity contribution is 0.0694. The smallest absolute Gasteiger partial charge is 0.341 e. The van der Waals surface area contributed by atoms with Gasteiger partial charge >= 0.3 is 5.97 Å². The number of pyridine rings is 1. The van der Waals surface area contributed by atoms with Crippen LogP contribution in [0.15, 0.2) is 17.1 Å². The van der Waals surface area contributed by atoms with E-state index in [4.69, 9.17) is 10.5 Å². The van der Waals surface area contributed by atoms with Crippen LogP contribution in [0.4, 0.5) is 14.5 Å². The van der Waals surface area contributed by atoms with E-state index in [1.165, 1.54) is 11.7 Å². The van der Waals surface area contributed by atoms with Crippen molar-refractivity contribution in [1.82, 2.24) is 4.57 Å². The van der Waals surface area contributed by atoms with Crippen LogP contribution in [0, 0.1) is 11.7 Å². The molecule has 0 bridgehead atoms. The topological polar surface area (TPSA) is 97.8 Å². The Bertz CT molecular complexity index is 1120. The van der Waals surface area contributed by atoms with Crippen LogP contribution in [-0.2, 0) is 0 Å². The highest BCUT2D eigenvalue weighted by atomic mass is 19.1. The van der Waals surface area contributed by atoms with Crippen molar-refractivity contribution in [2.75, 3.05) is 25.1 Å². The van der Waals surface area contributed by atoms with Gasteiger partial charge in [-0.1, -0.05) is 0 Å². The van der Waals surface area contributed by atoms with Gasteiger partial charge in [-0.15, -0.1) is 0 Å². The summed E-state index contributed by atoms with van der Waals surface area (Å²) in [4.78, 5) is 26.1. The van der Waals surface area contributed by atoms with Crippen molar-refractivity contribution in [3.8, 4) is 5.75 Å². The summed E-state index contributed by atoms with van der Waals surface area (Å²) in [6, 6.07) is 0.427. The summed E-state index contributed by atoms with van der Waals surface area (Å²) in [7, 11) is 1.36. The van der Waals surface area contributed by atoms with Crippen molar-refractivity contribution >= 4 is 22.6 Å². The normalized spacial score (nSPS) is 30.2. The molecule has 2 aliphatic carbocycles. The number of hydrogen-bond donors (Lipinski definition) is 2. The Kier molecular flexibility index (Phi) is 3.74. The SMILES string of the molecule is COc1c(N2CC3CCC3(N)C2)c(F)cc2c(=O)c(C(=O)O)cn([C@@H]3C[C@H]3F)c12. The van der Waals surface area contributed by atoms with E-state index in [1.54, 1.807) is 0 Å². The molecule has 5 rings (SSSR count). The number of fused-ring (bicyclic) bond motifs is 2. The van der Waals surface area contributed by atoms with E-state index < -0.39 is 35.0 Å². The van der Waals surface area contributed by atoms with Crippen molar-refractivity contribution < 1.29 is 23.4 Å². The Morgan fingerprint density at radius 1 is 1.45 bits per heavy atom. The minimum atomic E-state index is -1.44. The summed E-state index contributed by atoms with van der Waals surface area (Å²) < 4.78 is 36.1. The minimum Gasteiger partial charge on any atom is -0.492 e. The van der Waals surface area contributed by atoms with Crippen molar-refractivity contribution in [1.29, 1.82) is 0 Å². The average Bonchev–Trinajstić information content (AvgIpc) is 3.34. The standard InChI is InChI=1S/C20H21F2N3O4/c1-29-18-15-10(17(26)11(19(27)28)7-25(15)14-5-12(14)21)4-13(22)16(18)24-6-9-2-3-20(9,23)8-24/h4,7,9,12,14H,2-3,5-6,8,23H2,1H3,(H,27,28)/t9?,12-,14-,20?/m1/s1. The second-order valence-electron chi connectivity index (χ2n) is 8.39. The number of ether oxygens (including phenoxy) is 1. The second-order valence-corrected chi connectivity index (χ2v) is 8.39. The minimum absolute atomic E-state index is 0.109. The first-order valence-electron chi connectivity index (χ1n) is 9.61. The van der Waals surface area contributed by atoms with Crippen LogP contribution in [0.1, 0.15) is 35.7 Å². The highest BCUT2D eigenvalue weighted by Gasteiger charge is 2.51. The number of methoxy groups -OCH3 is 1. The first kappa shape index (κ1) is 18.4. The summed E-state index contributed by atoms with van der Waals surface area (Å²) in [5.74, 6) is -1.75. The molecule has 1 aromatic heterocycles. The lowest BCUT2D eigenvalue weighted by Gasteiger charge is -2.40. The Balaban J connectivity index is 1.78. The summed E-state index contributed by atoms with van der Waals surface area (Å²) in [5.41, 5.74) is 5.10. The van der Waals surface area contributed by atoms with Crippen molar-refractivity contribution in [2.24, 2.45) is 11.7 Å². The van der Waals surface area contributed by atoms with Gasteiger partial charge in [0, 0.05) is 31.2 Å². The summed E-state index contributed by atoms with van der Waals surface area (Å²) in [5, 5.41) is 9.25. The quantitative estimate of drug-likeness (QED) is 0.808. The lowest BCUT2D eigenvalue weighted by atomic mass is 9.70. The number of carboxylic acids is 1. The fourth-order valence-electron chi connectivity index (χ4n) is 4.84. The molecule has 2 saturated carbocycles. The molecule has 1 aromatic carbocycles. The number of aromatic carboxylic acids is 1. The maximum Gasteiger partial charge on any atom is 0.341 e. The number of nitrogens with zero attached hydrogens (tertiary/aromatic N) is 2. The van der Waals surface area contributed by atoms with Gasteiger partial charge in [-0.3, -0.25) is 4.79 Å². The fourth-order valence-corrected chi connectivity index (χ4v) is 4.84. The molecular weight excluding hydrogens is 384 g/mol. The predicted octanol–water partition coefficient (Wildman–Crippen LogP) is 2.06. The monoisotopic (exact) mass is 405 g/mol. The third-order valence-electron chi connectivity index (χ3n) is 6.68. The van der Waals surface area contributed by atoms with Crippen LogP contribution in [0.5, 0.6) is 5.75 Å². The van der Waals surface area contributed by atoms with E-state index in [0.717, 1.165) is 25.1 Å². The molecular formula is C20H21F2N3O4. The zero-order chi connectivity index (χ0) is 20.7. The number of anilines is 1. The molecule has 2 unspecified atom stereocenters. The van der Waals surface area contributed by atoms with E-state index in [-0.39, 0.29) is 40.2 Å².